The highest BCUT2D eigenvalue weighted by atomic mass is 19.1. The first-order valence-electron chi connectivity index (χ1n) is 11.9. The molecule has 33 heavy (non-hydrogen) atoms. The van der Waals surface area contributed by atoms with E-state index in [0.29, 0.717) is 18.6 Å². The Bertz CT molecular complexity index is 993. The molecule has 3 rings (SSSR count). The third-order valence-corrected chi connectivity index (χ3v) is 7.12. The maximum atomic E-state index is 14.7. The minimum atomic E-state index is -1.32. The largest absolute Gasteiger partial charge is 0.386 e. The van der Waals surface area contributed by atoms with Crippen molar-refractivity contribution in [2.24, 2.45) is 11.3 Å². The van der Waals surface area contributed by atoms with E-state index in [1.165, 1.54) is 32.0 Å². The second-order valence-corrected chi connectivity index (χ2v) is 10.2. The molecule has 2 aromatic carbocycles. The molecule has 1 fully saturated rings. The summed E-state index contributed by atoms with van der Waals surface area (Å²) in [4.78, 5) is 13.6. The topological polar surface area (TPSA) is 46.5 Å². The lowest BCUT2D eigenvalue weighted by molar-refractivity contribution is 0.0643. The minimum absolute atomic E-state index is 0.0608. The summed E-state index contributed by atoms with van der Waals surface area (Å²) >= 11 is 0. The lowest BCUT2D eigenvalue weighted by atomic mass is 9.68. The summed E-state index contributed by atoms with van der Waals surface area (Å²) in [5.41, 5.74) is 0.674. The number of rotatable bonds is 9. The molecular formula is C28H36F2O3. The number of ether oxygens (including phenoxy) is 1. The van der Waals surface area contributed by atoms with Crippen LogP contribution in [0.15, 0.2) is 36.4 Å². The van der Waals surface area contributed by atoms with E-state index < -0.39 is 11.4 Å². The maximum absolute atomic E-state index is 14.7. The van der Waals surface area contributed by atoms with E-state index in [1.807, 2.05) is 13.8 Å². The number of aliphatic hydroxyl groups is 1. The van der Waals surface area contributed by atoms with Crippen LogP contribution >= 0.6 is 0 Å². The molecule has 3 nitrogen and oxygen atoms in total. The summed E-state index contributed by atoms with van der Waals surface area (Å²) in [6.45, 7) is 9.44. The Hall–Kier alpha value is -2.11. The first-order valence-corrected chi connectivity index (χ1v) is 11.9. The van der Waals surface area contributed by atoms with E-state index in [4.69, 9.17) is 4.74 Å². The van der Waals surface area contributed by atoms with Crippen molar-refractivity contribution in [1.82, 2.24) is 0 Å². The third kappa shape index (κ3) is 5.70. The quantitative estimate of drug-likeness (QED) is 0.423. The summed E-state index contributed by atoms with van der Waals surface area (Å²) < 4.78 is 34.7. The summed E-state index contributed by atoms with van der Waals surface area (Å²) in [6, 6.07) is 9.14. The zero-order chi connectivity index (χ0) is 24.4. The van der Waals surface area contributed by atoms with Crippen molar-refractivity contribution in [2.45, 2.75) is 85.0 Å². The molecule has 0 amide bonds. The van der Waals surface area contributed by atoms with E-state index in [1.54, 1.807) is 18.2 Å². The molecule has 2 atom stereocenters. The van der Waals surface area contributed by atoms with Gasteiger partial charge < -0.3 is 9.84 Å². The number of hydrogen-bond donors (Lipinski definition) is 1. The highest BCUT2D eigenvalue weighted by molar-refractivity contribution is 5.98. The van der Waals surface area contributed by atoms with Crippen molar-refractivity contribution in [2.75, 3.05) is 0 Å². The van der Waals surface area contributed by atoms with E-state index in [-0.39, 0.29) is 34.6 Å². The van der Waals surface area contributed by atoms with E-state index in [9.17, 15) is 18.7 Å². The van der Waals surface area contributed by atoms with Crippen molar-refractivity contribution < 1.29 is 23.4 Å². The lowest BCUT2D eigenvalue weighted by Gasteiger charge is -2.35. The molecule has 0 heterocycles. The summed E-state index contributed by atoms with van der Waals surface area (Å²) in [5.74, 6) is -1.22. The molecule has 0 spiro atoms. The van der Waals surface area contributed by atoms with Gasteiger partial charge in [0.15, 0.2) is 5.78 Å². The summed E-state index contributed by atoms with van der Waals surface area (Å²) in [7, 11) is 0. The molecule has 180 valence electrons. The van der Waals surface area contributed by atoms with Crippen molar-refractivity contribution >= 4 is 5.78 Å². The average molecular weight is 459 g/mol. The highest BCUT2D eigenvalue weighted by Crippen LogP contribution is 2.50. The number of benzene rings is 2. The van der Waals surface area contributed by atoms with Gasteiger partial charge in [-0.25, -0.2) is 8.78 Å². The van der Waals surface area contributed by atoms with Crippen LogP contribution in [0.3, 0.4) is 0 Å². The third-order valence-electron chi connectivity index (χ3n) is 7.12. The summed E-state index contributed by atoms with van der Waals surface area (Å²) in [6.07, 6.45) is 3.92. The van der Waals surface area contributed by atoms with Crippen LogP contribution < -0.4 is 0 Å². The second-order valence-electron chi connectivity index (χ2n) is 10.2. The van der Waals surface area contributed by atoms with Crippen LogP contribution in [0.2, 0.25) is 0 Å². The monoisotopic (exact) mass is 458 g/mol. The van der Waals surface area contributed by atoms with E-state index in [2.05, 4.69) is 6.92 Å². The van der Waals surface area contributed by atoms with Crippen molar-refractivity contribution in [3.05, 3.63) is 70.3 Å². The second kappa shape index (κ2) is 10.0. The van der Waals surface area contributed by atoms with Crippen LogP contribution in [0.1, 0.15) is 87.4 Å². The SMILES string of the molecule is CCC1(Cc2cc(F)ccc2COC(C)C)CCCC1C(=O)c1ccc(C(C)(C)O)c(F)c1. The zero-order valence-electron chi connectivity index (χ0n) is 20.4. The minimum Gasteiger partial charge on any atom is -0.386 e. The molecule has 1 N–H and O–H groups in total. The molecule has 0 bridgehead atoms. The van der Waals surface area contributed by atoms with Gasteiger partial charge in [0.05, 0.1) is 18.3 Å². The van der Waals surface area contributed by atoms with Crippen LogP contribution in [0.25, 0.3) is 0 Å². The molecule has 1 saturated carbocycles. The van der Waals surface area contributed by atoms with Gasteiger partial charge >= 0.3 is 0 Å². The van der Waals surface area contributed by atoms with Crippen LogP contribution in [0.5, 0.6) is 0 Å². The molecule has 1 aliphatic carbocycles. The van der Waals surface area contributed by atoms with Gasteiger partial charge in [-0.05, 0) is 88.1 Å². The molecule has 0 aromatic heterocycles. The summed E-state index contributed by atoms with van der Waals surface area (Å²) in [5, 5.41) is 10.2. The fourth-order valence-electron chi connectivity index (χ4n) is 5.21. The van der Waals surface area contributed by atoms with Crippen LogP contribution in [0.4, 0.5) is 8.78 Å². The van der Waals surface area contributed by atoms with Crippen LogP contribution in [-0.2, 0) is 23.4 Å². The molecule has 0 saturated heterocycles. The standard InChI is InChI=1S/C28H36F2O3/c1-6-28(16-21-14-22(29)11-9-20(21)17-33-18(2)3)13-7-8-24(28)26(31)19-10-12-23(25(30)15-19)27(4,5)32/h9-12,14-15,18,24,32H,6-8,13,16-17H2,1-5H3. The van der Waals surface area contributed by atoms with Gasteiger partial charge in [0.25, 0.3) is 0 Å². The fraction of sp³-hybridized carbons (Fsp3) is 0.536. The van der Waals surface area contributed by atoms with Gasteiger partial charge in [0.2, 0.25) is 0 Å². The van der Waals surface area contributed by atoms with Gasteiger partial charge in [-0.3, -0.25) is 4.79 Å². The smallest absolute Gasteiger partial charge is 0.166 e. The van der Waals surface area contributed by atoms with Gasteiger partial charge in [0.1, 0.15) is 11.6 Å². The lowest BCUT2D eigenvalue weighted by Crippen LogP contribution is -2.33. The number of Topliss-reactive ketones (excluding diaryl/α,β-unsaturated/α-hetero) is 1. The molecular weight excluding hydrogens is 422 g/mol. The van der Waals surface area contributed by atoms with E-state index in [0.717, 1.165) is 36.8 Å². The fourth-order valence-corrected chi connectivity index (χ4v) is 5.21. The van der Waals surface area contributed by atoms with Gasteiger partial charge in [0, 0.05) is 17.0 Å². The maximum Gasteiger partial charge on any atom is 0.166 e. The molecule has 0 aliphatic heterocycles. The van der Waals surface area contributed by atoms with Gasteiger partial charge in [-0.1, -0.05) is 31.5 Å². The Labute approximate surface area is 196 Å². The highest BCUT2D eigenvalue weighted by Gasteiger charge is 2.45. The number of halogens is 2. The predicted molar refractivity (Wildman–Crippen MR) is 126 cm³/mol. The Morgan fingerprint density at radius 2 is 1.91 bits per heavy atom. The zero-order valence-corrected chi connectivity index (χ0v) is 20.4. The number of hydrogen-bond acceptors (Lipinski definition) is 3. The average Bonchev–Trinajstić information content (AvgIpc) is 3.15. The number of carbonyl (C=O) groups excluding carboxylic acids is 1. The molecule has 2 unspecified atom stereocenters. The van der Waals surface area contributed by atoms with E-state index >= 15 is 0 Å². The first kappa shape index (κ1) is 25.5. The van der Waals surface area contributed by atoms with Crippen LogP contribution in [0, 0.1) is 23.0 Å². The molecule has 1 aliphatic rings. The Balaban J connectivity index is 1.92. The molecule has 5 heteroatoms. The normalized spacial score (nSPS) is 21.1. The molecule has 2 aromatic rings. The van der Waals surface area contributed by atoms with Crippen molar-refractivity contribution in [3.8, 4) is 0 Å². The first-order chi connectivity index (χ1) is 15.5. The predicted octanol–water partition coefficient (Wildman–Crippen LogP) is 6.74. The van der Waals surface area contributed by atoms with Crippen molar-refractivity contribution in [1.29, 1.82) is 0 Å². The molecule has 0 radical (unpaired) electrons. The number of ketones is 1. The Kier molecular flexibility index (Phi) is 7.75. The van der Waals surface area contributed by atoms with Crippen LogP contribution in [-0.4, -0.2) is 17.0 Å². The van der Waals surface area contributed by atoms with Gasteiger partial charge in [-0.15, -0.1) is 0 Å². The van der Waals surface area contributed by atoms with Gasteiger partial charge in [-0.2, -0.15) is 0 Å². The van der Waals surface area contributed by atoms with Crippen molar-refractivity contribution in [3.63, 3.8) is 0 Å². The Morgan fingerprint density at radius 3 is 2.52 bits per heavy atom. The Morgan fingerprint density at radius 1 is 1.18 bits per heavy atom. The number of carbonyl (C=O) groups is 1.